The summed E-state index contributed by atoms with van der Waals surface area (Å²) in [5.74, 6) is -0.152. The summed E-state index contributed by atoms with van der Waals surface area (Å²) in [6, 6.07) is 13.0. The van der Waals surface area contributed by atoms with E-state index in [4.69, 9.17) is 5.73 Å². The van der Waals surface area contributed by atoms with Gasteiger partial charge in [-0.1, -0.05) is 12.1 Å². The molecule has 0 unspecified atom stereocenters. The number of nitrogens with two attached hydrogens (primary N) is 1. The van der Waals surface area contributed by atoms with Crippen molar-refractivity contribution >= 4 is 38.9 Å². The summed E-state index contributed by atoms with van der Waals surface area (Å²) >= 11 is 3.39. The number of nitrogens with one attached hydrogen (secondary N) is 1. The van der Waals surface area contributed by atoms with Crippen LogP contribution in [0.4, 0.5) is 17.1 Å². The predicted octanol–water partition coefficient (Wildman–Crippen LogP) is 3.88. The summed E-state index contributed by atoms with van der Waals surface area (Å²) in [6.07, 6.45) is 2.42. The Hall–Kier alpha value is -2.01. The molecule has 22 heavy (non-hydrogen) atoms. The average molecular weight is 360 g/mol. The third kappa shape index (κ3) is 3.09. The van der Waals surface area contributed by atoms with Crippen LogP contribution < -0.4 is 16.0 Å². The third-order valence-electron chi connectivity index (χ3n) is 3.85. The molecule has 1 heterocycles. The van der Waals surface area contributed by atoms with E-state index < -0.39 is 0 Å². The SMILES string of the molecule is Nc1cc(NC(=O)c2ccccc2Br)ccc1N1CCCC1. The monoisotopic (exact) mass is 359 g/mol. The van der Waals surface area contributed by atoms with Crippen LogP contribution in [0.3, 0.4) is 0 Å². The first-order valence-electron chi connectivity index (χ1n) is 7.35. The van der Waals surface area contributed by atoms with Gasteiger partial charge in [-0.05, 0) is 59.1 Å². The number of nitrogens with zero attached hydrogens (tertiary/aromatic N) is 1. The van der Waals surface area contributed by atoms with E-state index in [2.05, 4.69) is 26.1 Å². The molecule has 1 saturated heterocycles. The molecule has 0 atom stereocenters. The minimum absolute atomic E-state index is 0.152. The molecule has 2 aromatic carbocycles. The zero-order chi connectivity index (χ0) is 15.5. The quantitative estimate of drug-likeness (QED) is 0.817. The zero-order valence-corrected chi connectivity index (χ0v) is 13.8. The minimum Gasteiger partial charge on any atom is -0.397 e. The summed E-state index contributed by atoms with van der Waals surface area (Å²) in [5, 5.41) is 2.89. The van der Waals surface area contributed by atoms with E-state index in [1.54, 1.807) is 6.07 Å². The molecule has 3 rings (SSSR count). The van der Waals surface area contributed by atoms with Crippen LogP contribution in [0.15, 0.2) is 46.9 Å². The van der Waals surface area contributed by atoms with E-state index in [1.807, 2.05) is 36.4 Å². The number of benzene rings is 2. The molecule has 0 radical (unpaired) electrons. The Morgan fingerprint density at radius 1 is 1.14 bits per heavy atom. The highest BCUT2D eigenvalue weighted by Crippen LogP contribution is 2.29. The summed E-state index contributed by atoms with van der Waals surface area (Å²) in [7, 11) is 0. The number of anilines is 3. The molecule has 1 amide bonds. The maximum atomic E-state index is 12.3. The van der Waals surface area contributed by atoms with Gasteiger partial charge in [0.15, 0.2) is 0 Å². The van der Waals surface area contributed by atoms with Crippen molar-refractivity contribution < 1.29 is 4.79 Å². The Morgan fingerprint density at radius 2 is 1.86 bits per heavy atom. The van der Waals surface area contributed by atoms with Gasteiger partial charge in [0, 0.05) is 23.2 Å². The summed E-state index contributed by atoms with van der Waals surface area (Å²) in [4.78, 5) is 14.6. The van der Waals surface area contributed by atoms with Gasteiger partial charge in [-0.2, -0.15) is 0 Å². The maximum Gasteiger partial charge on any atom is 0.256 e. The first kappa shape index (κ1) is 14.9. The molecule has 5 heteroatoms. The van der Waals surface area contributed by atoms with E-state index in [0.717, 1.165) is 23.2 Å². The van der Waals surface area contributed by atoms with Crippen molar-refractivity contribution in [3.8, 4) is 0 Å². The van der Waals surface area contributed by atoms with Crippen LogP contribution in [-0.4, -0.2) is 19.0 Å². The molecule has 1 aliphatic rings. The molecule has 0 aliphatic carbocycles. The van der Waals surface area contributed by atoms with Gasteiger partial charge in [0.2, 0.25) is 0 Å². The highest BCUT2D eigenvalue weighted by molar-refractivity contribution is 9.10. The highest BCUT2D eigenvalue weighted by atomic mass is 79.9. The lowest BCUT2D eigenvalue weighted by molar-refractivity contribution is 0.102. The fourth-order valence-electron chi connectivity index (χ4n) is 2.72. The summed E-state index contributed by atoms with van der Waals surface area (Å²) in [6.45, 7) is 2.10. The van der Waals surface area contributed by atoms with Crippen LogP contribution in [0.1, 0.15) is 23.2 Å². The second-order valence-electron chi connectivity index (χ2n) is 5.40. The zero-order valence-electron chi connectivity index (χ0n) is 12.2. The van der Waals surface area contributed by atoms with Crippen LogP contribution in [0.5, 0.6) is 0 Å². The largest absolute Gasteiger partial charge is 0.397 e. The first-order chi connectivity index (χ1) is 10.6. The molecule has 0 aromatic heterocycles. The molecule has 1 aliphatic heterocycles. The van der Waals surface area contributed by atoms with Crippen LogP contribution in [0.25, 0.3) is 0 Å². The normalized spacial score (nSPS) is 14.1. The number of rotatable bonds is 3. The number of carbonyl (C=O) groups excluding carboxylic acids is 1. The number of hydrogen-bond acceptors (Lipinski definition) is 3. The molecule has 0 bridgehead atoms. The number of nitrogen functional groups attached to an aromatic ring is 1. The smallest absolute Gasteiger partial charge is 0.256 e. The lowest BCUT2D eigenvalue weighted by Crippen LogP contribution is -2.19. The number of carbonyl (C=O) groups is 1. The number of hydrogen-bond donors (Lipinski definition) is 2. The maximum absolute atomic E-state index is 12.3. The molecule has 0 spiro atoms. The fourth-order valence-corrected chi connectivity index (χ4v) is 3.19. The van der Waals surface area contributed by atoms with Crippen molar-refractivity contribution in [3.63, 3.8) is 0 Å². The van der Waals surface area contributed by atoms with Crippen molar-refractivity contribution in [2.45, 2.75) is 12.8 Å². The molecule has 114 valence electrons. The van der Waals surface area contributed by atoms with Crippen LogP contribution in [0, 0.1) is 0 Å². The van der Waals surface area contributed by atoms with E-state index in [9.17, 15) is 4.79 Å². The Balaban J connectivity index is 1.77. The number of halogens is 1. The second-order valence-corrected chi connectivity index (χ2v) is 6.26. The van der Waals surface area contributed by atoms with Gasteiger partial charge in [-0.25, -0.2) is 0 Å². The van der Waals surface area contributed by atoms with Gasteiger partial charge in [0.25, 0.3) is 5.91 Å². The molecule has 2 aromatic rings. The predicted molar refractivity (Wildman–Crippen MR) is 94.4 cm³/mol. The van der Waals surface area contributed by atoms with Gasteiger partial charge >= 0.3 is 0 Å². The van der Waals surface area contributed by atoms with Gasteiger partial charge in [-0.3, -0.25) is 4.79 Å². The lowest BCUT2D eigenvalue weighted by Gasteiger charge is -2.20. The Bertz CT molecular complexity index is 696. The van der Waals surface area contributed by atoms with Crippen LogP contribution in [-0.2, 0) is 0 Å². The molecular formula is C17H18BrN3O. The molecule has 3 N–H and O–H groups in total. The Kier molecular flexibility index (Phi) is 4.34. The van der Waals surface area contributed by atoms with Crippen LogP contribution in [0.2, 0.25) is 0 Å². The number of amides is 1. The Morgan fingerprint density at radius 3 is 2.55 bits per heavy atom. The van der Waals surface area contributed by atoms with Gasteiger partial charge in [0.05, 0.1) is 16.9 Å². The molecule has 4 nitrogen and oxygen atoms in total. The van der Waals surface area contributed by atoms with Crippen molar-refractivity contribution in [2.24, 2.45) is 0 Å². The Labute approximate surface area is 138 Å². The van der Waals surface area contributed by atoms with E-state index in [0.29, 0.717) is 16.9 Å². The van der Waals surface area contributed by atoms with Gasteiger partial charge in [-0.15, -0.1) is 0 Å². The highest BCUT2D eigenvalue weighted by Gasteiger charge is 2.15. The molecule has 0 saturated carbocycles. The van der Waals surface area contributed by atoms with Gasteiger partial charge < -0.3 is 16.0 Å². The minimum atomic E-state index is -0.152. The molecule has 1 fully saturated rings. The van der Waals surface area contributed by atoms with Crippen molar-refractivity contribution in [1.29, 1.82) is 0 Å². The van der Waals surface area contributed by atoms with E-state index in [-0.39, 0.29) is 5.91 Å². The first-order valence-corrected chi connectivity index (χ1v) is 8.15. The standard InChI is InChI=1S/C17H18BrN3O/c18-14-6-2-1-5-13(14)17(22)20-12-7-8-16(15(19)11-12)21-9-3-4-10-21/h1-2,5-8,11H,3-4,9-10,19H2,(H,20,22). The molecular weight excluding hydrogens is 342 g/mol. The van der Waals surface area contributed by atoms with Crippen molar-refractivity contribution in [3.05, 3.63) is 52.5 Å². The van der Waals surface area contributed by atoms with Crippen molar-refractivity contribution in [1.82, 2.24) is 0 Å². The topological polar surface area (TPSA) is 58.4 Å². The summed E-state index contributed by atoms with van der Waals surface area (Å²) < 4.78 is 0.772. The second kappa shape index (κ2) is 6.40. The van der Waals surface area contributed by atoms with E-state index in [1.165, 1.54) is 12.8 Å². The summed E-state index contributed by atoms with van der Waals surface area (Å²) in [5.41, 5.74) is 9.21. The third-order valence-corrected chi connectivity index (χ3v) is 4.54. The van der Waals surface area contributed by atoms with Crippen molar-refractivity contribution in [2.75, 3.05) is 29.0 Å². The van der Waals surface area contributed by atoms with Crippen LogP contribution >= 0.6 is 15.9 Å². The van der Waals surface area contributed by atoms with Gasteiger partial charge in [0.1, 0.15) is 0 Å². The fraction of sp³-hybridized carbons (Fsp3) is 0.235. The lowest BCUT2D eigenvalue weighted by atomic mass is 10.2. The average Bonchev–Trinajstić information content (AvgIpc) is 3.01. The van der Waals surface area contributed by atoms with E-state index >= 15 is 0 Å².